The molecule has 2 aromatic rings. The van der Waals surface area contributed by atoms with Gasteiger partial charge in [-0.1, -0.05) is 0 Å². The van der Waals surface area contributed by atoms with E-state index in [-0.39, 0.29) is 5.69 Å². The van der Waals surface area contributed by atoms with Crippen molar-refractivity contribution < 1.29 is 14.5 Å². The van der Waals surface area contributed by atoms with E-state index in [0.717, 1.165) is 5.56 Å². The normalized spacial score (nSPS) is 10.1. The molecule has 0 saturated carbocycles. The largest absolute Gasteiger partial charge is 0.465 e. The van der Waals surface area contributed by atoms with Gasteiger partial charge in [0, 0.05) is 24.0 Å². The molecule has 0 aliphatic heterocycles. The second-order valence-electron chi connectivity index (χ2n) is 3.60. The molecule has 0 aliphatic carbocycles. The third-order valence-corrected chi connectivity index (χ3v) is 2.49. The van der Waals surface area contributed by atoms with Crippen LogP contribution < -0.4 is 0 Å². The Kier molecular flexibility index (Phi) is 3.09. The van der Waals surface area contributed by atoms with Crippen LogP contribution in [0.5, 0.6) is 0 Å². The number of nitro groups is 1. The Morgan fingerprint density at radius 3 is 2.56 bits per heavy atom. The molecule has 6 nitrogen and oxygen atoms in total. The quantitative estimate of drug-likeness (QED) is 0.511. The van der Waals surface area contributed by atoms with Gasteiger partial charge in [0.25, 0.3) is 5.69 Å². The van der Waals surface area contributed by atoms with Crippen molar-refractivity contribution in [2.24, 2.45) is 0 Å². The Bertz CT molecular complexity index is 586. The molecule has 6 heteroatoms. The van der Waals surface area contributed by atoms with Crippen LogP contribution in [0.15, 0.2) is 36.5 Å². The Labute approximate surface area is 102 Å². The third-order valence-electron chi connectivity index (χ3n) is 2.49. The number of ether oxygens (including phenoxy) is 1. The number of hydrogen-bond donors (Lipinski definition) is 1. The summed E-state index contributed by atoms with van der Waals surface area (Å²) in [6, 6.07) is 7.69. The summed E-state index contributed by atoms with van der Waals surface area (Å²) in [5.74, 6) is -0.431. The minimum Gasteiger partial charge on any atom is -0.465 e. The molecule has 0 radical (unpaired) electrons. The van der Waals surface area contributed by atoms with E-state index in [4.69, 9.17) is 0 Å². The van der Waals surface area contributed by atoms with Crippen molar-refractivity contribution in [2.45, 2.75) is 0 Å². The number of nitro benzene ring substituents is 1. The monoisotopic (exact) mass is 246 g/mol. The first kappa shape index (κ1) is 11.8. The Morgan fingerprint density at radius 2 is 2.00 bits per heavy atom. The topological polar surface area (TPSA) is 85.2 Å². The fraction of sp³-hybridized carbons (Fsp3) is 0.0833. The van der Waals surface area contributed by atoms with Crippen LogP contribution in [0.25, 0.3) is 11.3 Å². The molecule has 1 aromatic carbocycles. The van der Waals surface area contributed by atoms with E-state index in [1.165, 1.54) is 25.4 Å². The second kappa shape index (κ2) is 4.70. The number of methoxy groups -OCH3 is 1. The molecule has 0 spiro atoms. The molecule has 0 amide bonds. The molecular formula is C12H10N2O4. The Morgan fingerprint density at radius 1 is 1.33 bits per heavy atom. The average molecular weight is 246 g/mol. The number of esters is 1. The van der Waals surface area contributed by atoms with Crippen molar-refractivity contribution in [3.05, 3.63) is 52.2 Å². The number of H-pyrrole nitrogens is 1. The second-order valence-corrected chi connectivity index (χ2v) is 3.60. The zero-order valence-corrected chi connectivity index (χ0v) is 9.54. The first-order chi connectivity index (χ1) is 8.61. The average Bonchev–Trinajstić information content (AvgIpc) is 2.87. The van der Waals surface area contributed by atoms with Gasteiger partial charge in [0.15, 0.2) is 0 Å². The lowest BCUT2D eigenvalue weighted by molar-refractivity contribution is -0.384. The van der Waals surface area contributed by atoms with E-state index in [9.17, 15) is 14.9 Å². The first-order valence-electron chi connectivity index (χ1n) is 5.13. The van der Waals surface area contributed by atoms with E-state index < -0.39 is 10.9 Å². The number of benzene rings is 1. The maximum Gasteiger partial charge on any atom is 0.339 e. The van der Waals surface area contributed by atoms with Gasteiger partial charge in [0.1, 0.15) is 0 Å². The third kappa shape index (κ3) is 2.22. The van der Waals surface area contributed by atoms with Crippen molar-refractivity contribution in [3.8, 4) is 11.3 Å². The van der Waals surface area contributed by atoms with Gasteiger partial charge in [0.2, 0.25) is 0 Å². The summed E-state index contributed by atoms with van der Waals surface area (Å²) in [4.78, 5) is 24.2. The van der Waals surface area contributed by atoms with E-state index >= 15 is 0 Å². The van der Waals surface area contributed by atoms with Crippen LogP contribution in [0, 0.1) is 10.1 Å². The Balaban J connectivity index is 2.29. The first-order valence-corrected chi connectivity index (χ1v) is 5.13. The molecule has 92 valence electrons. The number of nitrogens with zero attached hydrogens (tertiary/aromatic N) is 1. The highest BCUT2D eigenvalue weighted by Gasteiger charge is 2.10. The van der Waals surface area contributed by atoms with Crippen LogP contribution in [0.4, 0.5) is 5.69 Å². The molecule has 0 aliphatic rings. The van der Waals surface area contributed by atoms with E-state index in [1.807, 2.05) is 0 Å². The van der Waals surface area contributed by atoms with Gasteiger partial charge in [0.05, 0.1) is 17.6 Å². The summed E-state index contributed by atoms with van der Waals surface area (Å²) in [6.45, 7) is 0. The summed E-state index contributed by atoms with van der Waals surface area (Å²) in [5.41, 5.74) is 1.89. The van der Waals surface area contributed by atoms with Crippen molar-refractivity contribution in [1.82, 2.24) is 4.98 Å². The van der Waals surface area contributed by atoms with Gasteiger partial charge in [-0.15, -0.1) is 0 Å². The summed E-state index contributed by atoms with van der Waals surface area (Å²) in [5, 5.41) is 10.5. The molecule has 0 bridgehead atoms. The summed E-state index contributed by atoms with van der Waals surface area (Å²) >= 11 is 0. The molecule has 1 heterocycles. The predicted octanol–water partition coefficient (Wildman–Crippen LogP) is 2.38. The fourth-order valence-corrected chi connectivity index (χ4v) is 1.56. The number of nitrogens with one attached hydrogen (secondary N) is 1. The molecule has 0 atom stereocenters. The van der Waals surface area contributed by atoms with Crippen LogP contribution in [0.2, 0.25) is 0 Å². The van der Waals surface area contributed by atoms with Crippen LogP contribution in [0.1, 0.15) is 10.4 Å². The van der Waals surface area contributed by atoms with Crippen LogP contribution >= 0.6 is 0 Å². The molecule has 0 unspecified atom stereocenters. The minimum atomic E-state index is -0.460. The standard InChI is InChI=1S/C12H10N2O4/c1-18-12(15)9-6-11(13-7-9)8-2-4-10(5-3-8)14(16)17/h2-7,13H,1H3. The summed E-state index contributed by atoms with van der Waals surface area (Å²) in [6.07, 6.45) is 1.53. The van der Waals surface area contributed by atoms with Gasteiger partial charge >= 0.3 is 5.97 Å². The molecule has 1 N–H and O–H groups in total. The van der Waals surface area contributed by atoms with E-state index in [1.54, 1.807) is 18.2 Å². The number of aromatic amines is 1. The molecule has 0 fully saturated rings. The fourth-order valence-electron chi connectivity index (χ4n) is 1.56. The maximum absolute atomic E-state index is 11.3. The number of hydrogen-bond acceptors (Lipinski definition) is 4. The maximum atomic E-state index is 11.3. The number of carbonyl (C=O) groups excluding carboxylic acids is 1. The lowest BCUT2D eigenvalue weighted by Crippen LogP contribution is -1.98. The molecule has 18 heavy (non-hydrogen) atoms. The smallest absolute Gasteiger partial charge is 0.339 e. The van der Waals surface area contributed by atoms with E-state index in [2.05, 4.69) is 9.72 Å². The van der Waals surface area contributed by atoms with Gasteiger partial charge in [-0.2, -0.15) is 0 Å². The van der Waals surface area contributed by atoms with Gasteiger partial charge in [-0.3, -0.25) is 10.1 Å². The lowest BCUT2D eigenvalue weighted by atomic mass is 10.1. The number of carbonyl (C=O) groups is 1. The van der Waals surface area contributed by atoms with Crippen LogP contribution in [-0.2, 0) is 4.74 Å². The predicted molar refractivity (Wildman–Crippen MR) is 64.2 cm³/mol. The van der Waals surface area contributed by atoms with Gasteiger partial charge in [-0.05, 0) is 23.8 Å². The molecule has 0 saturated heterocycles. The zero-order chi connectivity index (χ0) is 13.1. The number of aromatic nitrogens is 1. The van der Waals surface area contributed by atoms with Crippen LogP contribution in [0.3, 0.4) is 0 Å². The highest BCUT2D eigenvalue weighted by Crippen LogP contribution is 2.22. The molecular weight excluding hydrogens is 236 g/mol. The number of rotatable bonds is 3. The SMILES string of the molecule is COC(=O)c1c[nH]c(-c2ccc([N+](=O)[O-])cc2)c1. The molecule has 1 aromatic heterocycles. The zero-order valence-electron chi connectivity index (χ0n) is 9.54. The van der Waals surface area contributed by atoms with Crippen molar-refractivity contribution in [3.63, 3.8) is 0 Å². The highest BCUT2D eigenvalue weighted by molar-refractivity contribution is 5.90. The van der Waals surface area contributed by atoms with E-state index in [0.29, 0.717) is 11.3 Å². The number of non-ortho nitro benzene ring substituents is 1. The summed E-state index contributed by atoms with van der Waals surface area (Å²) < 4.78 is 4.59. The highest BCUT2D eigenvalue weighted by atomic mass is 16.6. The summed E-state index contributed by atoms with van der Waals surface area (Å²) in [7, 11) is 1.31. The van der Waals surface area contributed by atoms with Crippen LogP contribution in [-0.4, -0.2) is 23.0 Å². The van der Waals surface area contributed by atoms with Crippen molar-refractivity contribution in [2.75, 3.05) is 7.11 Å². The van der Waals surface area contributed by atoms with Crippen molar-refractivity contribution >= 4 is 11.7 Å². The van der Waals surface area contributed by atoms with Gasteiger partial charge in [-0.25, -0.2) is 4.79 Å². The van der Waals surface area contributed by atoms with Crippen molar-refractivity contribution in [1.29, 1.82) is 0 Å². The molecule has 2 rings (SSSR count). The van der Waals surface area contributed by atoms with Gasteiger partial charge < -0.3 is 9.72 Å². The lowest BCUT2D eigenvalue weighted by Gasteiger charge is -1.97. The Hall–Kier alpha value is -2.63. The minimum absolute atomic E-state index is 0.0264.